The largest absolute Gasteiger partial charge is 0.0584 e. The van der Waals surface area contributed by atoms with E-state index in [0.717, 1.165) is 0 Å². The van der Waals surface area contributed by atoms with Crippen molar-refractivity contribution in [3.63, 3.8) is 0 Å². The summed E-state index contributed by atoms with van der Waals surface area (Å²) in [4.78, 5) is 0. The van der Waals surface area contributed by atoms with Crippen LogP contribution in [0.25, 0.3) is 3.58 Å². The van der Waals surface area contributed by atoms with E-state index in [-0.39, 0.29) is 0 Å². The Balaban J connectivity index is 2.37. The summed E-state index contributed by atoms with van der Waals surface area (Å²) in [6.45, 7) is 4.36. The number of allylic oxidation sites excluding steroid dienone is 1. The van der Waals surface area contributed by atoms with Crippen molar-refractivity contribution in [1.82, 2.24) is 0 Å². The van der Waals surface area contributed by atoms with E-state index in [1.165, 1.54) is 39.5 Å². The Labute approximate surface area is 99.6 Å². The highest BCUT2D eigenvalue weighted by Gasteiger charge is 2.13. The van der Waals surface area contributed by atoms with Crippen molar-refractivity contribution in [3.05, 3.63) is 40.5 Å². The van der Waals surface area contributed by atoms with Crippen molar-refractivity contribution < 1.29 is 0 Å². The van der Waals surface area contributed by atoms with E-state index in [9.17, 15) is 0 Å². The van der Waals surface area contributed by atoms with Gasteiger partial charge in [-0.15, -0.1) is 0 Å². The molecular formula is C13H15I. The molecule has 0 atom stereocenters. The van der Waals surface area contributed by atoms with Crippen LogP contribution >= 0.6 is 22.6 Å². The number of halogens is 1. The van der Waals surface area contributed by atoms with Gasteiger partial charge in [0, 0.05) is 3.58 Å². The molecule has 0 unspecified atom stereocenters. The molecule has 1 aromatic carbocycles. The first kappa shape index (κ1) is 10.2. The second-order valence-electron chi connectivity index (χ2n) is 4.07. The average Bonchev–Trinajstić information content (AvgIpc) is 2.06. The third-order valence-electron chi connectivity index (χ3n) is 3.03. The zero-order chi connectivity index (χ0) is 10.1. The molecule has 1 aromatic rings. The highest BCUT2D eigenvalue weighted by Crippen LogP contribution is 2.37. The zero-order valence-corrected chi connectivity index (χ0v) is 10.9. The van der Waals surface area contributed by atoms with Crippen LogP contribution in [0.2, 0.25) is 0 Å². The van der Waals surface area contributed by atoms with E-state index >= 15 is 0 Å². The van der Waals surface area contributed by atoms with Gasteiger partial charge in [0.25, 0.3) is 0 Å². The van der Waals surface area contributed by atoms with E-state index < -0.39 is 0 Å². The smallest absolute Gasteiger partial charge is 0.0194 e. The van der Waals surface area contributed by atoms with E-state index in [4.69, 9.17) is 0 Å². The first-order chi connectivity index (χ1) is 6.68. The topological polar surface area (TPSA) is 0 Å². The van der Waals surface area contributed by atoms with E-state index in [1.807, 2.05) is 0 Å². The second-order valence-corrected chi connectivity index (χ2v) is 5.15. The fraction of sp³-hybridized carbons (Fsp3) is 0.385. The van der Waals surface area contributed by atoms with Crippen molar-refractivity contribution >= 4 is 26.2 Å². The molecule has 14 heavy (non-hydrogen) atoms. The van der Waals surface area contributed by atoms with Gasteiger partial charge in [-0.25, -0.2) is 0 Å². The molecule has 1 saturated carbocycles. The van der Waals surface area contributed by atoms with Crippen LogP contribution in [0.3, 0.4) is 0 Å². The van der Waals surface area contributed by atoms with Gasteiger partial charge in [0.2, 0.25) is 0 Å². The van der Waals surface area contributed by atoms with Gasteiger partial charge in [-0.1, -0.05) is 23.8 Å². The van der Waals surface area contributed by atoms with Crippen LogP contribution in [-0.4, -0.2) is 0 Å². The van der Waals surface area contributed by atoms with Gasteiger partial charge < -0.3 is 0 Å². The van der Waals surface area contributed by atoms with Crippen molar-refractivity contribution in [2.24, 2.45) is 0 Å². The van der Waals surface area contributed by atoms with Crippen molar-refractivity contribution in [2.75, 3.05) is 0 Å². The number of hydrogen-bond donors (Lipinski definition) is 0. The van der Waals surface area contributed by atoms with Crippen LogP contribution in [0.5, 0.6) is 0 Å². The van der Waals surface area contributed by atoms with Crippen molar-refractivity contribution in [3.8, 4) is 0 Å². The summed E-state index contributed by atoms with van der Waals surface area (Å²) >= 11 is 2.49. The summed E-state index contributed by atoms with van der Waals surface area (Å²) in [6, 6.07) is 6.78. The Morgan fingerprint density at radius 1 is 1.14 bits per heavy atom. The summed E-state index contributed by atoms with van der Waals surface area (Å²) in [5.41, 5.74) is 5.84. The third kappa shape index (κ3) is 1.88. The Kier molecular flexibility index (Phi) is 2.96. The third-order valence-corrected chi connectivity index (χ3v) is 4.41. The van der Waals surface area contributed by atoms with E-state index in [1.54, 1.807) is 5.57 Å². The molecule has 74 valence electrons. The normalized spacial score (nSPS) is 15.2. The first-order valence-electron chi connectivity index (χ1n) is 5.13. The predicted molar refractivity (Wildman–Crippen MR) is 70.7 cm³/mol. The molecular weight excluding hydrogens is 283 g/mol. The maximum absolute atomic E-state index is 2.49. The van der Waals surface area contributed by atoms with Crippen molar-refractivity contribution in [1.29, 1.82) is 0 Å². The van der Waals surface area contributed by atoms with Crippen LogP contribution in [-0.2, 0) is 0 Å². The molecule has 0 heterocycles. The molecule has 0 radical (unpaired) electrons. The molecule has 1 aliphatic carbocycles. The SMILES string of the molecule is Cc1ccc(C(I)=C2CCC2)cc1C. The molecule has 2 rings (SSSR count). The van der Waals surface area contributed by atoms with Gasteiger partial charge in [0.15, 0.2) is 0 Å². The quantitative estimate of drug-likeness (QED) is 0.663. The van der Waals surface area contributed by atoms with Crippen LogP contribution in [0.15, 0.2) is 23.8 Å². The molecule has 0 bridgehead atoms. The minimum atomic E-state index is 1.31. The molecule has 0 N–H and O–H groups in total. The molecule has 1 heteroatoms. The fourth-order valence-corrected chi connectivity index (χ4v) is 2.53. The molecule has 0 saturated heterocycles. The number of aryl methyl sites for hydroxylation is 2. The van der Waals surface area contributed by atoms with Crippen molar-refractivity contribution in [2.45, 2.75) is 33.1 Å². The van der Waals surface area contributed by atoms with Gasteiger partial charge >= 0.3 is 0 Å². The molecule has 0 aliphatic heterocycles. The molecule has 0 nitrogen and oxygen atoms in total. The standard InChI is InChI=1S/C13H15I/c1-9-6-7-12(8-10(9)2)13(14)11-4-3-5-11/h6-8H,3-5H2,1-2H3. The summed E-state index contributed by atoms with van der Waals surface area (Å²) in [7, 11) is 0. The lowest BCUT2D eigenvalue weighted by molar-refractivity contribution is 0.669. The lowest BCUT2D eigenvalue weighted by Gasteiger charge is -2.19. The van der Waals surface area contributed by atoms with Crippen LogP contribution in [0, 0.1) is 13.8 Å². The number of hydrogen-bond acceptors (Lipinski definition) is 0. The Morgan fingerprint density at radius 2 is 1.86 bits per heavy atom. The van der Waals surface area contributed by atoms with Gasteiger partial charge in [-0.2, -0.15) is 0 Å². The van der Waals surface area contributed by atoms with E-state index in [2.05, 4.69) is 54.6 Å². The number of benzene rings is 1. The van der Waals surface area contributed by atoms with Crippen LogP contribution < -0.4 is 0 Å². The lowest BCUT2D eigenvalue weighted by atomic mass is 9.90. The molecule has 0 aromatic heterocycles. The molecule has 0 amide bonds. The number of rotatable bonds is 1. The Hall–Kier alpha value is -0.310. The second kappa shape index (κ2) is 4.05. The van der Waals surface area contributed by atoms with Gasteiger partial charge in [-0.3, -0.25) is 0 Å². The Bertz CT molecular complexity index is 382. The maximum Gasteiger partial charge on any atom is 0.0194 e. The molecule has 0 spiro atoms. The van der Waals surface area contributed by atoms with Gasteiger partial charge in [0.05, 0.1) is 0 Å². The summed E-state index contributed by atoms with van der Waals surface area (Å²) in [5.74, 6) is 0. The van der Waals surface area contributed by atoms with Crippen LogP contribution in [0.4, 0.5) is 0 Å². The molecule has 1 aliphatic rings. The van der Waals surface area contributed by atoms with E-state index in [0.29, 0.717) is 0 Å². The average molecular weight is 298 g/mol. The summed E-state index contributed by atoms with van der Waals surface area (Å²) in [5, 5.41) is 0. The van der Waals surface area contributed by atoms with Gasteiger partial charge in [0.1, 0.15) is 0 Å². The predicted octanol–water partition coefficient (Wildman–Crippen LogP) is 4.63. The highest BCUT2D eigenvalue weighted by molar-refractivity contribution is 14.1. The lowest BCUT2D eigenvalue weighted by Crippen LogP contribution is -1.98. The highest BCUT2D eigenvalue weighted by atomic mass is 127. The minimum absolute atomic E-state index is 1.31. The summed E-state index contributed by atoms with van der Waals surface area (Å²) in [6.07, 6.45) is 4.00. The van der Waals surface area contributed by atoms with Crippen LogP contribution in [0.1, 0.15) is 36.0 Å². The minimum Gasteiger partial charge on any atom is -0.0584 e. The maximum atomic E-state index is 2.49. The zero-order valence-electron chi connectivity index (χ0n) is 8.73. The summed E-state index contributed by atoms with van der Waals surface area (Å²) < 4.78 is 1.48. The molecule has 1 fully saturated rings. The first-order valence-corrected chi connectivity index (χ1v) is 6.21. The fourth-order valence-electron chi connectivity index (χ4n) is 1.66. The van der Waals surface area contributed by atoms with Gasteiger partial charge in [-0.05, 0) is 72.4 Å². The monoisotopic (exact) mass is 298 g/mol. The Morgan fingerprint density at radius 3 is 2.36 bits per heavy atom.